The third-order valence-electron chi connectivity index (χ3n) is 2.94. The Morgan fingerprint density at radius 2 is 1.82 bits per heavy atom. The van der Waals surface area contributed by atoms with Crippen molar-refractivity contribution in [2.75, 3.05) is 0 Å². The minimum atomic E-state index is 0.353. The largest absolute Gasteiger partial charge is 0.311 e. The maximum Gasteiger partial charge on any atom is 0.123 e. The number of hydrogen-bond donors (Lipinski definition) is 1. The summed E-state index contributed by atoms with van der Waals surface area (Å²) >= 11 is 0. The molecule has 0 radical (unpaired) electrons. The van der Waals surface area contributed by atoms with Gasteiger partial charge in [-0.2, -0.15) is 0 Å². The summed E-state index contributed by atoms with van der Waals surface area (Å²) in [5, 5.41) is 3.56. The van der Waals surface area contributed by atoms with Crippen molar-refractivity contribution in [2.24, 2.45) is 5.92 Å². The standard InChI is InChI=1S/C9H15NO/c11-6-7-4-8-2-1-3-9(5-7)10-8/h6-10H,1-5H2. The van der Waals surface area contributed by atoms with Gasteiger partial charge in [0.15, 0.2) is 0 Å². The van der Waals surface area contributed by atoms with Crippen LogP contribution in [0.1, 0.15) is 32.1 Å². The fourth-order valence-electron chi connectivity index (χ4n) is 2.42. The number of piperidine rings is 2. The molecular formula is C9H15NO. The molecule has 0 spiro atoms. The van der Waals surface area contributed by atoms with Crippen LogP contribution in [-0.4, -0.2) is 18.4 Å². The fraction of sp³-hybridized carbons (Fsp3) is 0.889. The number of fused-ring (bicyclic) bond motifs is 2. The first-order valence-electron chi connectivity index (χ1n) is 4.60. The first-order chi connectivity index (χ1) is 5.38. The third kappa shape index (κ3) is 1.45. The normalized spacial score (nSPS) is 43.5. The number of carbonyl (C=O) groups is 1. The molecule has 0 amide bonds. The molecule has 1 N–H and O–H groups in total. The Hall–Kier alpha value is -0.370. The smallest absolute Gasteiger partial charge is 0.123 e. The molecule has 2 saturated heterocycles. The zero-order valence-electron chi connectivity index (χ0n) is 6.75. The molecule has 2 aliphatic rings. The van der Waals surface area contributed by atoms with E-state index < -0.39 is 0 Å². The molecular weight excluding hydrogens is 138 g/mol. The molecule has 2 bridgehead atoms. The van der Waals surface area contributed by atoms with Gasteiger partial charge in [0.25, 0.3) is 0 Å². The van der Waals surface area contributed by atoms with E-state index in [1.54, 1.807) is 0 Å². The van der Waals surface area contributed by atoms with Crippen LogP contribution in [0.3, 0.4) is 0 Å². The Bertz CT molecular complexity index is 146. The van der Waals surface area contributed by atoms with E-state index in [-0.39, 0.29) is 0 Å². The van der Waals surface area contributed by atoms with Gasteiger partial charge in [0.1, 0.15) is 6.29 Å². The van der Waals surface area contributed by atoms with Gasteiger partial charge in [0, 0.05) is 18.0 Å². The quantitative estimate of drug-likeness (QED) is 0.572. The van der Waals surface area contributed by atoms with E-state index in [2.05, 4.69) is 5.32 Å². The highest BCUT2D eigenvalue weighted by atomic mass is 16.1. The average molecular weight is 153 g/mol. The van der Waals surface area contributed by atoms with Gasteiger partial charge in [-0.1, -0.05) is 6.42 Å². The Morgan fingerprint density at radius 3 is 2.36 bits per heavy atom. The summed E-state index contributed by atoms with van der Waals surface area (Å²) in [5.74, 6) is 0.353. The van der Waals surface area contributed by atoms with Crippen LogP contribution >= 0.6 is 0 Å². The second kappa shape index (κ2) is 2.94. The topological polar surface area (TPSA) is 29.1 Å². The molecule has 2 unspecified atom stereocenters. The minimum Gasteiger partial charge on any atom is -0.311 e. The highest BCUT2D eigenvalue weighted by molar-refractivity contribution is 5.54. The number of rotatable bonds is 1. The molecule has 0 aromatic rings. The van der Waals surface area contributed by atoms with Crippen molar-refractivity contribution in [2.45, 2.75) is 44.2 Å². The van der Waals surface area contributed by atoms with E-state index in [4.69, 9.17) is 0 Å². The van der Waals surface area contributed by atoms with Crippen molar-refractivity contribution in [3.05, 3.63) is 0 Å². The van der Waals surface area contributed by atoms with Gasteiger partial charge in [-0.25, -0.2) is 0 Å². The summed E-state index contributed by atoms with van der Waals surface area (Å²) in [5.41, 5.74) is 0. The highest BCUT2D eigenvalue weighted by Gasteiger charge is 2.30. The summed E-state index contributed by atoms with van der Waals surface area (Å²) in [6.45, 7) is 0. The minimum absolute atomic E-state index is 0.353. The van der Waals surface area contributed by atoms with Gasteiger partial charge in [0.2, 0.25) is 0 Å². The van der Waals surface area contributed by atoms with E-state index in [9.17, 15) is 4.79 Å². The predicted molar refractivity (Wildman–Crippen MR) is 43.4 cm³/mol. The summed E-state index contributed by atoms with van der Waals surface area (Å²) in [7, 11) is 0. The zero-order valence-corrected chi connectivity index (χ0v) is 6.75. The number of aldehydes is 1. The maximum atomic E-state index is 10.6. The molecule has 11 heavy (non-hydrogen) atoms. The van der Waals surface area contributed by atoms with Gasteiger partial charge >= 0.3 is 0 Å². The van der Waals surface area contributed by atoms with Crippen LogP contribution in [-0.2, 0) is 4.79 Å². The van der Waals surface area contributed by atoms with Crippen LogP contribution in [0.2, 0.25) is 0 Å². The predicted octanol–water partition coefficient (Wildman–Crippen LogP) is 1.11. The number of nitrogens with one attached hydrogen (secondary N) is 1. The van der Waals surface area contributed by atoms with E-state index in [0.717, 1.165) is 19.1 Å². The maximum absolute atomic E-state index is 10.6. The van der Waals surface area contributed by atoms with E-state index in [0.29, 0.717) is 18.0 Å². The van der Waals surface area contributed by atoms with Gasteiger partial charge in [-0.3, -0.25) is 0 Å². The zero-order chi connectivity index (χ0) is 7.68. The first-order valence-corrected chi connectivity index (χ1v) is 4.60. The average Bonchev–Trinajstić information content (AvgIpc) is 2.03. The van der Waals surface area contributed by atoms with Crippen LogP contribution in [0.25, 0.3) is 0 Å². The molecule has 2 heterocycles. The van der Waals surface area contributed by atoms with Crippen LogP contribution < -0.4 is 5.32 Å². The number of hydrogen-bond acceptors (Lipinski definition) is 2. The summed E-state index contributed by atoms with van der Waals surface area (Å²) in [6, 6.07) is 1.30. The van der Waals surface area contributed by atoms with Crippen LogP contribution in [0.4, 0.5) is 0 Å². The third-order valence-corrected chi connectivity index (χ3v) is 2.94. The lowest BCUT2D eigenvalue weighted by atomic mass is 9.81. The summed E-state index contributed by atoms with van der Waals surface area (Å²) < 4.78 is 0. The lowest BCUT2D eigenvalue weighted by molar-refractivity contribution is -0.112. The van der Waals surface area contributed by atoms with Crippen LogP contribution in [0, 0.1) is 5.92 Å². The molecule has 0 saturated carbocycles. The second-order valence-electron chi connectivity index (χ2n) is 3.86. The van der Waals surface area contributed by atoms with Crippen molar-refractivity contribution in [3.8, 4) is 0 Å². The monoisotopic (exact) mass is 153 g/mol. The van der Waals surface area contributed by atoms with Gasteiger partial charge in [-0.05, 0) is 25.7 Å². The van der Waals surface area contributed by atoms with E-state index in [1.165, 1.54) is 19.3 Å². The Labute approximate surface area is 67.4 Å². The Balaban J connectivity index is 1.99. The molecule has 0 aliphatic carbocycles. The molecule has 2 heteroatoms. The first kappa shape index (κ1) is 7.29. The van der Waals surface area contributed by atoms with Crippen molar-refractivity contribution >= 4 is 6.29 Å². The van der Waals surface area contributed by atoms with E-state index >= 15 is 0 Å². The highest BCUT2D eigenvalue weighted by Crippen LogP contribution is 2.28. The summed E-state index contributed by atoms with van der Waals surface area (Å²) in [4.78, 5) is 10.6. The molecule has 2 rings (SSSR count). The number of carbonyl (C=O) groups excluding carboxylic acids is 1. The van der Waals surface area contributed by atoms with Crippen molar-refractivity contribution < 1.29 is 4.79 Å². The van der Waals surface area contributed by atoms with Gasteiger partial charge in [0.05, 0.1) is 0 Å². The molecule has 0 aromatic heterocycles. The summed E-state index contributed by atoms with van der Waals surface area (Å²) in [6.07, 6.45) is 7.22. The SMILES string of the molecule is O=CC1CC2CCCC(C1)N2. The van der Waals surface area contributed by atoms with Crippen molar-refractivity contribution in [1.29, 1.82) is 0 Å². The second-order valence-corrected chi connectivity index (χ2v) is 3.86. The lowest BCUT2D eigenvalue weighted by Gasteiger charge is -2.38. The van der Waals surface area contributed by atoms with Gasteiger partial charge < -0.3 is 10.1 Å². The molecule has 2 fully saturated rings. The lowest BCUT2D eigenvalue weighted by Crippen LogP contribution is -2.48. The Morgan fingerprint density at radius 1 is 1.18 bits per heavy atom. The molecule has 0 aromatic carbocycles. The van der Waals surface area contributed by atoms with Crippen molar-refractivity contribution in [1.82, 2.24) is 5.32 Å². The molecule has 2 aliphatic heterocycles. The fourth-order valence-corrected chi connectivity index (χ4v) is 2.42. The Kier molecular flexibility index (Phi) is 1.95. The van der Waals surface area contributed by atoms with Crippen LogP contribution in [0.15, 0.2) is 0 Å². The molecule has 2 nitrogen and oxygen atoms in total. The molecule has 62 valence electrons. The van der Waals surface area contributed by atoms with Crippen LogP contribution in [0.5, 0.6) is 0 Å². The molecule has 2 atom stereocenters. The van der Waals surface area contributed by atoms with E-state index in [1.807, 2.05) is 0 Å². The van der Waals surface area contributed by atoms with Crippen molar-refractivity contribution in [3.63, 3.8) is 0 Å². The van der Waals surface area contributed by atoms with Gasteiger partial charge in [-0.15, -0.1) is 0 Å².